The third kappa shape index (κ3) is 6.20. The van der Waals surface area contributed by atoms with E-state index in [-0.39, 0.29) is 0 Å². The lowest BCUT2D eigenvalue weighted by Crippen LogP contribution is -2.38. The lowest BCUT2D eigenvalue weighted by molar-refractivity contribution is 0.241. The first kappa shape index (κ1) is 17.8. The highest BCUT2D eigenvalue weighted by Gasteiger charge is 2.26. The van der Waals surface area contributed by atoms with Crippen LogP contribution >= 0.6 is 0 Å². The zero-order valence-corrected chi connectivity index (χ0v) is 15.5. The summed E-state index contributed by atoms with van der Waals surface area (Å²) in [5, 5.41) is 0. The van der Waals surface area contributed by atoms with Crippen LogP contribution in [0.1, 0.15) is 32.6 Å². The molecular weight excluding hydrogens is 300 g/mol. The van der Waals surface area contributed by atoms with E-state index in [0.29, 0.717) is 0 Å². The fourth-order valence-electron chi connectivity index (χ4n) is 2.51. The highest BCUT2D eigenvalue weighted by atomic mass is 28.4. The van der Waals surface area contributed by atoms with E-state index >= 15 is 0 Å². The minimum Gasteiger partial charge on any atom is -0.520 e. The normalized spacial score (nSPS) is 11.4. The summed E-state index contributed by atoms with van der Waals surface area (Å²) in [7, 11) is -2.10. The van der Waals surface area contributed by atoms with E-state index in [4.69, 9.17) is 8.85 Å². The Morgan fingerprint density at radius 3 is 2.09 bits per heavy atom. The Morgan fingerprint density at radius 1 is 0.783 bits per heavy atom. The molecule has 0 unspecified atom stereocenters. The van der Waals surface area contributed by atoms with Crippen LogP contribution in [0.25, 0.3) is 11.1 Å². The molecule has 2 nitrogen and oxygen atoms in total. The second-order valence-electron chi connectivity index (χ2n) is 6.30. The number of unbranched alkanes of at least 4 members (excludes halogenated alkanes) is 3. The Morgan fingerprint density at radius 2 is 1.43 bits per heavy atom. The highest BCUT2D eigenvalue weighted by Crippen LogP contribution is 2.24. The molecule has 0 aliphatic rings. The standard InChI is InChI=1S/C20H28O2Si/c1-4-5-6-10-17-21-23(2,3)22-20-15-13-19(14-16-20)18-11-8-7-9-12-18/h7-9,11-16H,4-6,10,17H2,1-3H3. The van der Waals surface area contributed by atoms with Crippen LogP contribution in [0.15, 0.2) is 54.6 Å². The molecule has 124 valence electrons. The van der Waals surface area contributed by atoms with Crippen LogP contribution in [0.5, 0.6) is 5.75 Å². The number of hydrogen-bond acceptors (Lipinski definition) is 2. The monoisotopic (exact) mass is 328 g/mol. The maximum atomic E-state index is 6.12. The minimum atomic E-state index is -2.10. The van der Waals surface area contributed by atoms with Crippen LogP contribution in [0.2, 0.25) is 13.1 Å². The van der Waals surface area contributed by atoms with Crippen LogP contribution in [0.3, 0.4) is 0 Å². The van der Waals surface area contributed by atoms with Gasteiger partial charge in [0.25, 0.3) is 0 Å². The van der Waals surface area contributed by atoms with Crippen molar-refractivity contribution in [1.82, 2.24) is 0 Å². The Labute approximate surface area is 141 Å². The van der Waals surface area contributed by atoms with Gasteiger partial charge >= 0.3 is 8.56 Å². The third-order valence-electron chi connectivity index (χ3n) is 3.77. The summed E-state index contributed by atoms with van der Waals surface area (Å²) in [6, 6.07) is 18.7. The van der Waals surface area contributed by atoms with Gasteiger partial charge in [0.15, 0.2) is 0 Å². The van der Waals surface area contributed by atoms with Crippen molar-refractivity contribution in [3.8, 4) is 16.9 Å². The first-order chi connectivity index (χ1) is 11.1. The van der Waals surface area contributed by atoms with E-state index in [1.165, 1.54) is 30.4 Å². The second kappa shape index (κ2) is 8.90. The molecule has 0 N–H and O–H groups in total. The molecule has 0 radical (unpaired) electrons. The Hall–Kier alpha value is -1.58. The lowest BCUT2D eigenvalue weighted by Gasteiger charge is -2.24. The quantitative estimate of drug-likeness (QED) is 0.413. The maximum absolute atomic E-state index is 6.12. The summed E-state index contributed by atoms with van der Waals surface area (Å²) >= 11 is 0. The van der Waals surface area contributed by atoms with Gasteiger partial charge in [-0.05, 0) is 42.8 Å². The Balaban J connectivity index is 1.87. The average molecular weight is 329 g/mol. The van der Waals surface area contributed by atoms with E-state index in [2.05, 4.69) is 56.4 Å². The zero-order valence-electron chi connectivity index (χ0n) is 14.5. The van der Waals surface area contributed by atoms with Gasteiger partial charge in [0.2, 0.25) is 0 Å². The summed E-state index contributed by atoms with van der Waals surface area (Å²) < 4.78 is 12.1. The van der Waals surface area contributed by atoms with Gasteiger partial charge in [-0.3, -0.25) is 0 Å². The molecule has 0 aromatic heterocycles. The van der Waals surface area contributed by atoms with Crippen molar-refractivity contribution in [3.63, 3.8) is 0 Å². The Kier molecular flexibility index (Phi) is 6.87. The number of benzene rings is 2. The molecule has 0 saturated carbocycles. The van der Waals surface area contributed by atoms with Crippen LogP contribution in [-0.4, -0.2) is 15.2 Å². The molecule has 0 spiro atoms. The molecule has 0 atom stereocenters. The van der Waals surface area contributed by atoms with E-state index < -0.39 is 8.56 Å². The van der Waals surface area contributed by atoms with Crippen LogP contribution < -0.4 is 4.43 Å². The van der Waals surface area contributed by atoms with Crippen molar-refractivity contribution in [3.05, 3.63) is 54.6 Å². The maximum Gasteiger partial charge on any atom is 0.392 e. The molecule has 2 aromatic carbocycles. The van der Waals surface area contributed by atoms with E-state index in [1.807, 2.05) is 18.2 Å². The summed E-state index contributed by atoms with van der Waals surface area (Å²) in [6.45, 7) is 7.25. The van der Waals surface area contributed by atoms with Gasteiger partial charge in [-0.2, -0.15) is 0 Å². The van der Waals surface area contributed by atoms with Gasteiger partial charge < -0.3 is 8.85 Å². The molecule has 0 amide bonds. The summed E-state index contributed by atoms with van der Waals surface area (Å²) in [4.78, 5) is 0. The molecule has 0 bridgehead atoms. The van der Waals surface area contributed by atoms with E-state index in [1.54, 1.807) is 0 Å². The molecule has 3 heteroatoms. The van der Waals surface area contributed by atoms with Gasteiger partial charge in [-0.25, -0.2) is 0 Å². The fraction of sp³-hybridized carbons (Fsp3) is 0.400. The van der Waals surface area contributed by atoms with Crippen LogP contribution in [-0.2, 0) is 4.43 Å². The predicted molar refractivity (Wildman–Crippen MR) is 100 cm³/mol. The van der Waals surface area contributed by atoms with Crippen molar-refractivity contribution in [2.45, 2.75) is 45.7 Å². The van der Waals surface area contributed by atoms with Crippen molar-refractivity contribution in [2.24, 2.45) is 0 Å². The fourth-order valence-corrected chi connectivity index (χ4v) is 3.90. The highest BCUT2D eigenvalue weighted by molar-refractivity contribution is 6.65. The second-order valence-corrected chi connectivity index (χ2v) is 9.59. The van der Waals surface area contributed by atoms with E-state index in [0.717, 1.165) is 18.8 Å². The lowest BCUT2D eigenvalue weighted by atomic mass is 10.1. The Bertz CT molecular complexity index is 564. The van der Waals surface area contributed by atoms with Crippen molar-refractivity contribution in [1.29, 1.82) is 0 Å². The summed E-state index contributed by atoms with van der Waals surface area (Å²) in [6.07, 6.45) is 4.91. The first-order valence-electron chi connectivity index (χ1n) is 8.59. The van der Waals surface area contributed by atoms with Gasteiger partial charge in [0.05, 0.1) is 0 Å². The molecule has 0 saturated heterocycles. The number of hydrogen-bond donors (Lipinski definition) is 0. The molecule has 2 aromatic rings. The van der Waals surface area contributed by atoms with Gasteiger partial charge in [-0.15, -0.1) is 0 Å². The minimum absolute atomic E-state index is 0.807. The third-order valence-corrected chi connectivity index (χ3v) is 5.40. The largest absolute Gasteiger partial charge is 0.520 e. The molecule has 2 rings (SSSR count). The van der Waals surface area contributed by atoms with Gasteiger partial charge in [0.1, 0.15) is 5.75 Å². The van der Waals surface area contributed by atoms with Crippen molar-refractivity contribution >= 4 is 8.56 Å². The van der Waals surface area contributed by atoms with Crippen LogP contribution in [0, 0.1) is 0 Å². The molecule has 0 fully saturated rings. The number of rotatable bonds is 9. The molecule has 0 heterocycles. The molecule has 0 aliphatic carbocycles. The van der Waals surface area contributed by atoms with Crippen molar-refractivity contribution < 1.29 is 8.85 Å². The van der Waals surface area contributed by atoms with Crippen molar-refractivity contribution in [2.75, 3.05) is 6.61 Å². The van der Waals surface area contributed by atoms with Crippen LogP contribution in [0.4, 0.5) is 0 Å². The van der Waals surface area contributed by atoms with E-state index in [9.17, 15) is 0 Å². The zero-order chi connectivity index (χ0) is 16.5. The summed E-state index contributed by atoms with van der Waals surface area (Å²) in [5.41, 5.74) is 2.43. The molecular formula is C20H28O2Si. The SMILES string of the molecule is CCCCCCO[Si](C)(C)Oc1ccc(-c2ccccc2)cc1. The molecule has 23 heavy (non-hydrogen) atoms. The summed E-state index contributed by atoms with van der Waals surface area (Å²) in [5.74, 6) is 0.898. The smallest absolute Gasteiger partial charge is 0.392 e. The van der Waals surface area contributed by atoms with Gasteiger partial charge in [-0.1, -0.05) is 68.7 Å². The molecule has 0 aliphatic heterocycles. The van der Waals surface area contributed by atoms with Gasteiger partial charge in [0, 0.05) is 6.61 Å². The first-order valence-corrected chi connectivity index (χ1v) is 11.4. The predicted octanol–water partition coefficient (Wildman–Crippen LogP) is 6.03. The average Bonchev–Trinajstić information content (AvgIpc) is 2.56. The topological polar surface area (TPSA) is 18.5 Å².